The summed E-state index contributed by atoms with van der Waals surface area (Å²) in [6.07, 6.45) is 0. The van der Waals surface area contributed by atoms with E-state index in [1.54, 1.807) is 24.3 Å². The highest BCUT2D eigenvalue weighted by Crippen LogP contribution is 2.23. The number of aromatic nitrogens is 1. The van der Waals surface area contributed by atoms with E-state index in [0.29, 0.717) is 5.13 Å². The van der Waals surface area contributed by atoms with Crippen LogP contribution in [-0.4, -0.2) is 10.2 Å². The van der Waals surface area contributed by atoms with Gasteiger partial charge in [-0.3, -0.25) is 0 Å². The molecular formula is C9H9N3O2S. The highest BCUT2D eigenvalue weighted by molar-refractivity contribution is 7.13. The first-order valence-electron chi connectivity index (χ1n) is 4.21. The molecule has 0 saturated carbocycles. The van der Waals surface area contributed by atoms with Crippen LogP contribution in [0.4, 0.5) is 10.8 Å². The topological polar surface area (TPSA) is 86.6 Å². The summed E-state index contributed by atoms with van der Waals surface area (Å²) in [6, 6.07) is 6.54. The average Bonchev–Trinajstić information content (AvgIpc) is 2.65. The quantitative estimate of drug-likeness (QED) is 0.657. The molecule has 0 bridgehead atoms. The molecule has 6 heteroatoms. The van der Waals surface area contributed by atoms with Gasteiger partial charge in [-0.15, -0.1) is 11.3 Å². The first-order valence-corrected chi connectivity index (χ1v) is 5.09. The number of nitrogens with two attached hydrogens (primary N) is 1. The Kier molecular flexibility index (Phi) is 2.65. The van der Waals surface area contributed by atoms with E-state index in [9.17, 15) is 5.21 Å². The minimum absolute atomic E-state index is 0.266. The van der Waals surface area contributed by atoms with E-state index in [1.165, 1.54) is 11.3 Å². The van der Waals surface area contributed by atoms with Crippen molar-refractivity contribution >= 4 is 22.2 Å². The maximum atomic E-state index is 10.6. The zero-order chi connectivity index (χ0) is 10.8. The second-order valence-electron chi connectivity index (χ2n) is 2.95. The van der Waals surface area contributed by atoms with E-state index in [2.05, 4.69) is 4.98 Å². The summed E-state index contributed by atoms with van der Waals surface area (Å²) in [4.78, 5) is 4.10. The number of quaternary nitrogens is 1. The van der Waals surface area contributed by atoms with Crippen LogP contribution in [0.1, 0.15) is 0 Å². The van der Waals surface area contributed by atoms with E-state index >= 15 is 0 Å². The van der Waals surface area contributed by atoms with Crippen molar-refractivity contribution in [3.8, 4) is 11.3 Å². The standard InChI is InChI=1S/C9H9N3O2S/c10-9-11-8(5-15-9)6-1-3-7(4-2-6)12(13)14/h1-5,12-13H,(H2,10,11). The van der Waals surface area contributed by atoms with Crippen LogP contribution >= 0.6 is 11.3 Å². The predicted octanol–water partition coefficient (Wildman–Crippen LogP) is 0.796. The van der Waals surface area contributed by atoms with Crippen molar-refractivity contribution in [2.45, 2.75) is 0 Å². The van der Waals surface area contributed by atoms with Crippen molar-refractivity contribution < 1.29 is 10.4 Å². The number of nitrogens with one attached hydrogen (secondary N) is 1. The lowest BCUT2D eigenvalue weighted by atomic mass is 10.1. The van der Waals surface area contributed by atoms with Crippen LogP contribution in [0.2, 0.25) is 0 Å². The van der Waals surface area contributed by atoms with Crippen molar-refractivity contribution in [3.63, 3.8) is 0 Å². The average molecular weight is 223 g/mol. The van der Waals surface area contributed by atoms with Gasteiger partial charge in [0.2, 0.25) is 0 Å². The van der Waals surface area contributed by atoms with Crippen LogP contribution in [0.5, 0.6) is 0 Å². The number of rotatable bonds is 2. The van der Waals surface area contributed by atoms with Crippen LogP contribution in [-0.2, 0) is 0 Å². The predicted molar refractivity (Wildman–Crippen MR) is 57.7 cm³/mol. The summed E-state index contributed by atoms with van der Waals surface area (Å²) < 4.78 is 0. The van der Waals surface area contributed by atoms with E-state index in [4.69, 9.17) is 10.9 Å². The van der Waals surface area contributed by atoms with Crippen molar-refractivity contribution in [2.75, 3.05) is 5.73 Å². The van der Waals surface area contributed by atoms with Crippen molar-refractivity contribution in [2.24, 2.45) is 0 Å². The molecule has 78 valence electrons. The molecule has 0 radical (unpaired) electrons. The van der Waals surface area contributed by atoms with Gasteiger partial charge in [0, 0.05) is 23.1 Å². The Morgan fingerprint density at radius 2 is 2.00 bits per heavy atom. The Labute approximate surface area is 89.9 Å². The molecular weight excluding hydrogens is 214 g/mol. The minimum atomic E-state index is -0.931. The largest absolute Gasteiger partial charge is 0.595 e. The number of anilines is 1. The molecule has 1 aromatic carbocycles. The van der Waals surface area contributed by atoms with Gasteiger partial charge in [0.05, 0.1) is 5.69 Å². The molecule has 15 heavy (non-hydrogen) atoms. The Bertz CT molecular complexity index is 453. The van der Waals surface area contributed by atoms with Crippen molar-refractivity contribution in [1.29, 1.82) is 0 Å². The van der Waals surface area contributed by atoms with Crippen LogP contribution in [0, 0.1) is 5.21 Å². The summed E-state index contributed by atoms with van der Waals surface area (Å²) in [7, 11) is 0. The van der Waals surface area contributed by atoms with Gasteiger partial charge in [-0.2, -0.15) is 5.23 Å². The van der Waals surface area contributed by atoms with Gasteiger partial charge in [0.15, 0.2) is 10.8 Å². The summed E-state index contributed by atoms with van der Waals surface area (Å²) in [5, 5.41) is 20.8. The molecule has 1 aromatic heterocycles. The maximum absolute atomic E-state index is 10.6. The van der Waals surface area contributed by atoms with Crippen molar-refractivity contribution in [3.05, 3.63) is 34.9 Å². The molecule has 1 unspecified atom stereocenters. The van der Waals surface area contributed by atoms with Crippen molar-refractivity contribution in [1.82, 2.24) is 4.98 Å². The summed E-state index contributed by atoms with van der Waals surface area (Å²) >= 11 is 1.36. The normalized spacial score (nSPS) is 12.7. The van der Waals surface area contributed by atoms with Gasteiger partial charge in [-0.25, -0.2) is 10.2 Å². The lowest BCUT2D eigenvalue weighted by molar-refractivity contribution is -0.991. The second kappa shape index (κ2) is 3.95. The van der Waals surface area contributed by atoms with Gasteiger partial charge < -0.3 is 10.9 Å². The van der Waals surface area contributed by atoms with Crippen LogP contribution in [0.3, 0.4) is 0 Å². The number of hydrogen-bond acceptors (Lipinski definition) is 5. The molecule has 0 aliphatic rings. The van der Waals surface area contributed by atoms with Gasteiger partial charge >= 0.3 is 0 Å². The van der Waals surface area contributed by atoms with Crippen LogP contribution in [0.25, 0.3) is 11.3 Å². The fourth-order valence-corrected chi connectivity index (χ4v) is 1.78. The molecule has 0 fully saturated rings. The molecule has 2 aromatic rings. The third-order valence-corrected chi connectivity index (χ3v) is 2.62. The summed E-state index contributed by atoms with van der Waals surface area (Å²) in [5.74, 6) is 0. The lowest BCUT2D eigenvalue weighted by Crippen LogP contribution is -2.99. The zero-order valence-corrected chi connectivity index (χ0v) is 8.49. The zero-order valence-electron chi connectivity index (χ0n) is 7.68. The molecule has 4 N–H and O–H groups in total. The van der Waals surface area contributed by atoms with Gasteiger partial charge in [-0.05, 0) is 12.1 Å². The number of nitrogens with zero attached hydrogens (tertiary/aromatic N) is 1. The van der Waals surface area contributed by atoms with Gasteiger partial charge in [0.1, 0.15) is 0 Å². The minimum Gasteiger partial charge on any atom is -0.595 e. The SMILES string of the molecule is Nc1nc(-c2ccc([NH+]([O-])O)cc2)cs1. The van der Waals surface area contributed by atoms with Crippen LogP contribution in [0.15, 0.2) is 29.6 Å². The molecule has 5 nitrogen and oxygen atoms in total. The van der Waals surface area contributed by atoms with E-state index in [-0.39, 0.29) is 5.69 Å². The molecule has 2 rings (SSSR count). The van der Waals surface area contributed by atoms with Crippen LogP contribution < -0.4 is 11.0 Å². The Balaban J connectivity index is 2.31. The Morgan fingerprint density at radius 3 is 2.47 bits per heavy atom. The maximum Gasteiger partial charge on any atom is 0.180 e. The highest BCUT2D eigenvalue weighted by Gasteiger charge is 2.04. The first-order chi connectivity index (χ1) is 7.16. The first kappa shape index (κ1) is 10.1. The fraction of sp³-hybridized carbons (Fsp3) is 0. The number of thiazole rings is 1. The van der Waals surface area contributed by atoms with E-state index in [1.807, 2.05) is 5.38 Å². The third-order valence-electron chi connectivity index (χ3n) is 1.95. The summed E-state index contributed by atoms with van der Waals surface area (Å²) in [5.41, 5.74) is 7.41. The molecule has 1 atom stereocenters. The van der Waals surface area contributed by atoms with E-state index < -0.39 is 5.23 Å². The van der Waals surface area contributed by atoms with Gasteiger partial charge in [-0.1, -0.05) is 0 Å². The smallest absolute Gasteiger partial charge is 0.180 e. The fourth-order valence-electron chi connectivity index (χ4n) is 1.20. The molecule has 0 amide bonds. The lowest BCUT2D eigenvalue weighted by Gasteiger charge is -2.10. The number of nitrogen functional groups attached to an aromatic ring is 1. The Hall–Kier alpha value is -1.47. The third kappa shape index (κ3) is 2.13. The second-order valence-corrected chi connectivity index (χ2v) is 3.84. The van der Waals surface area contributed by atoms with E-state index in [0.717, 1.165) is 11.3 Å². The van der Waals surface area contributed by atoms with Gasteiger partial charge in [0.25, 0.3) is 0 Å². The Morgan fingerprint density at radius 1 is 1.33 bits per heavy atom. The monoisotopic (exact) mass is 223 g/mol. The molecule has 0 aliphatic carbocycles. The number of hydrogen-bond donors (Lipinski definition) is 3. The molecule has 1 heterocycles. The molecule has 0 spiro atoms. The number of benzene rings is 1. The molecule has 0 saturated heterocycles. The summed E-state index contributed by atoms with van der Waals surface area (Å²) in [6.45, 7) is 0. The highest BCUT2D eigenvalue weighted by atomic mass is 32.1. The molecule has 0 aliphatic heterocycles.